The first-order valence-electron chi connectivity index (χ1n) is 6.27. The average Bonchev–Trinajstić information content (AvgIpc) is 2.66. The van der Waals surface area contributed by atoms with Gasteiger partial charge in [0.25, 0.3) is 0 Å². The Balaban J connectivity index is 1.97. The molecule has 0 aromatic carbocycles. The Bertz CT molecular complexity index is 336. The fourth-order valence-corrected chi connectivity index (χ4v) is 2.55. The number of furan rings is 1. The zero-order valence-electron chi connectivity index (χ0n) is 10.8. The Morgan fingerprint density at radius 1 is 1.50 bits per heavy atom. The van der Waals surface area contributed by atoms with Crippen molar-refractivity contribution in [3.05, 3.63) is 24.2 Å². The van der Waals surface area contributed by atoms with Crippen LogP contribution in [0.2, 0.25) is 0 Å². The second kappa shape index (κ2) is 3.92. The molecular formula is C14H23NO. The lowest BCUT2D eigenvalue weighted by molar-refractivity contribution is 0.377. The van der Waals surface area contributed by atoms with E-state index in [1.54, 1.807) is 6.26 Å². The predicted molar refractivity (Wildman–Crippen MR) is 66.5 cm³/mol. The quantitative estimate of drug-likeness (QED) is 0.843. The second-order valence-corrected chi connectivity index (χ2v) is 6.02. The summed E-state index contributed by atoms with van der Waals surface area (Å²) in [6.07, 6.45) is 4.23. The van der Waals surface area contributed by atoms with Crippen LogP contribution in [0.25, 0.3) is 0 Å². The molecule has 0 bridgehead atoms. The van der Waals surface area contributed by atoms with Crippen LogP contribution in [0, 0.1) is 5.92 Å². The van der Waals surface area contributed by atoms with Crippen LogP contribution in [0.15, 0.2) is 22.8 Å². The molecule has 0 aliphatic heterocycles. The lowest BCUT2D eigenvalue weighted by Gasteiger charge is -2.21. The molecule has 1 heterocycles. The highest BCUT2D eigenvalue weighted by Gasteiger charge is 2.55. The van der Waals surface area contributed by atoms with Gasteiger partial charge in [-0.3, -0.25) is 0 Å². The summed E-state index contributed by atoms with van der Waals surface area (Å²) in [5, 5.41) is 3.59. The van der Waals surface area contributed by atoms with E-state index >= 15 is 0 Å². The van der Waals surface area contributed by atoms with E-state index in [2.05, 4.69) is 39.1 Å². The molecule has 0 amide bonds. The summed E-state index contributed by atoms with van der Waals surface area (Å²) in [7, 11) is 0. The SMILES string of the molecule is CCC1(c2ccco2)CC1CNC(C)(C)C. The molecule has 2 nitrogen and oxygen atoms in total. The molecule has 1 aromatic rings. The highest BCUT2D eigenvalue weighted by atomic mass is 16.3. The number of rotatable bonds is 4. The summed E-state index contributed by atoms with van der Waals surface area (Å²) in [6, 6.07) is 4.12. The van der Waals surface area contributed by atoms with E-state index in [0.29, 0.717) is 5.41 Å². The van der Waals surface area contributed by atoms with Crippen LogP contribution >= 0.6 is 0 Å². The first-order valence-corrected chi connectivity index (χ1v) is 6.27. The highest BCUT2D eigenvalue weighted by molar-refractivity contribution is 5.26. The third-order valence-corrected chi connectivity index (χ3v) is 3.75. The van der Waals surface area contributed by atoms with Crippen molar-refractivity contribution < 1.29 is 4.42 Å². The van der Waals surface area contributed by atoms with E-state index in [9.17, 15) is 0 Å². The zero-order valence-corrected chi connectivity index (χ0v) is 10.8. The van der Waals surface area contributed by atoms with Crippen molar-refractivity contribution in [2.75, 3.05) is 6.54 Å². The van der Waals surface area contributed by atoms with Crippen molar-refractivity contribution in [1.29, 1.82) is 0 Å². The van der Waals surface area contributed by atoms with Gasteiger partial charge in [0.05, 0.1) is 6.26 Å². The van der Waals surface area contributed by atoms with Gasteiger partial charge in [0.2, 0.25) is 0 Å². The minimum absolute atomic E-state index is 0.214. The maximum atomic E-state index is 5.59. The number of hydrogen-bond donors (Lipinski definition) is 1. The summed E-state index contributed by atoms with van der Waals surface area (Å²) >= 11 is 0. The van der Waals surface area contributed by atoms with E-state index in [-0.39, 0.29) is 5.54 Å². The molecular weight excluding hydrogens is 198 g/mol. The fourth-order valence-electron chi connectivity index (χ4n) is 2.55. The Morgan fingerprint density at radius 3 is 2.75 bits per heavy atom. The Kier molecular flexibility index (Phi) is 2.87. The predicted octanol–water partition coefficient (Wildman–Crippen LogP) is 3.34. The van der Waals surface area contributed by atoms with Crippen LogP contribution in [0.1, 0.15) is 46.3 Å². The van der Waals surface area contributed by atoms with Crippen LogP contribution in [-0.2, 0) is 5.41 Å². The van der Waals surface area contributed by atoms with E-state index in [1.165, 1.54) is 18.6 Å². The summed E-state index contributed by atoms with van der Waals surface area (Å²) in [5.41, 5.74) is 0.535. The van der Waals surface area contributed by atoms with E-state index in [1.807, 2.05) is 6.07 Å². The van der Waals surface area contributed by atoms with Gasteiger partial charge in [-0.25, -0.2) is 0 Å². The summed E-state index contributed by atoms with van der Waals surface area (Å²) < 4.78 is 5.59. The van der Waals surface area contributed by atoms with Gasteiger partial charge in [-0.2, -0.15) is 0 Å². The van der Waals surface area contributed by atoms with Crippen molar-refractivity contribution in [2.45, 2.75) is 51.5 Å². The molecule has 1 aliphatic rings. The molecule has 0 spiro atoms. The summed E-state index contributed by atoms with van der Waals surface area (Å²) in [6.45, 7) is 10.0. The third kappa shape index (κ3) is 2.17. The largest absolute Gasteiger partial charge is 0.469 e. The third-order valence-electron chi connectivity index (χ3n) is 3.75. The summed E-state index contributed by atoms with van der Waals surface area (Å²) in [4.78, 5) is 0. The van der Waals surface area contributed by atoms with Gasteiger partial charge in [0.1, 0.15) is 5.76 Å². The first-order chi connectivity index (χ1) is 7.48. The van der Waals surface area contributed by atoms with Crippen molar-refractivity contribution in [1.82, 2.24) is 5.32 Å². The number of hydrogen-bond acceptors (Lipinski definition) is 2. The molecule has 2 heteroatoms. The van der Waals surface area contributed by atoms with Gasteiger partial charge in [0.15, 0.2) is 0 Å². The monoisotopic (exact) mass is 221 g/mol. The van der Waals surface area contributed by atoms with Crippen molar-refractivity contribution in [2.24, 2.45) is 5.92 Å². The van der Waals surface area contributed by atoms with Gasteiger partial charge >= 0.3 is 0 Å². The standard InChI is InChI=1S/C14H23NO/c1-5-14(12-7-6-8-16-12)9-11(14)10-15-13(2,3)4/h6-8,11,15H,5,9-10H2,1-4H3. The maximum absolute atomic E-state index is 5.59. The molecule has 0 saturated heterocycles. The van der Waals surface area contributed by atoms with Crippen molar-refractivity contribution >= 4 is 0 Å². The average molecular weight is 221 g/mol. The van der Waals surface area contributed by atoms with Crippen LogP contribution in [0.5, 0.6) is 0 Å². The van der Waals surface area contributed by atoms with E-state index < -0.39 is 0 Å². The van der Waals surface area contributed by atoms with E-state index in [0.717, 1.165) is 12.5 Å². The molecule has 90 valence electrons. The molecule has 16 heavy (non-hydrogen) atoms. The van der Waals surface area contributed by atoms with Crippen molar-refractivity contribution in [3.8, 4) is 0 Å². The fraction of sp³-hybridized carbons (Fsp3) is 0.714. The van der Waals surface area contributed by atoms with Gasteiger partial charge < -0.3 is 9.73 Å². The van der Waals surface area contributed by atoms with Crippen LogP contribution < -0.4 is 5.32 Å². The highest BCUT2D eigenvalue weighted by Crippen LogP contribution is 2.56. The maximum Gasteiger partial charge on any atom is 0.110 e. The van der Waals surface area contributed by atoms with Crippen LogP contribution in [-0.4, -0.2) is 12.1 Å². The van der Waals surface area contributed by atoms with Crippen LogP contribution in [0.3, 0.4) is 0 Å². The lowest BCUT2D eigenvalue weighted by atomic mass is 9.96. The van der Waals surface area contributed by atoms with Gasteiger partial charge in [-0.15, -0.1) is 0 Å². The Labute approximate surface area is 98.4 Å². The minimum Gasteiger partial charge on any atom is -0.469 e. The van der Waals surface area contributed by atoms with E-state index in [4.69, 9.17) is 4.42 Å². The molecule has 2 atom stereocenters. The second-order valence-electron chi connectivity index (χ2n) is 6.02. The smallest absolute Gasteiger partial charge is 0.110 e. The molecule has 1 aromatic heterocycles. The Morgan fingerprint density at radius 2 is 2.25 bits per heavy atom. The normalized spacial score (nSPS) is 29.4. The molecule has 2 rings (SSSR count). The first kappa shape index (κ1) is 11.7. The lowest BCUT2D eigenvalue weighted by Crippen LogP contribution is -2.38. The topological polar surface area (TPSA) is 25.2 Å². The number of nitrogens with one attached hydrogen (secondary N) is 1. The molecule has 1 aliphatic carbocycles. The molecule has 1 N–H and O–H groups in total. The van der Waals surface area contributed by atoms with Crippen molar-refractivity contribution in [3.63, 3.8) is 0 Å². The minimum atomic E-state index is 0.214. The van der Waals surface area contributed by atoms with Crippen LogP contribution in [0.4, 0.5) is 0 Å². The zero-order chi connectivity index (χ0) is 11.8. The van der Waals surface area contributed by atoms with Gasteiger partial charge in [-0.1, -0.05) is 6.92 Å². The molecule has 0 radical (unpaired) electrons. The Hall–Kier alpha value is -0.760. The molecule has 1 fully saturated rings. The summed E-state index contributed by atoms with van der Waals surface area (Å²) in [5.74, 6) is 1.92. The molecule has 2 unspecified atom stereocenters. The van der Waals surface area contributed by atoms with Gasteiger partial charge in [0, 0.05) is 11.0 Å². The molecule has 1 saturated carbocycles. The van der Waals surface area contributed by atoms with Gasteiger partial charge in [-0.05, 0) is 58.2 Å².